The molecular formula is C6H13N3. The number of azide groups is 1. The maximum atomic E-state index is 8.05. The van der Waals surface area contributed by atoms with E-state index in [0.717, 1.165) is 19.3 Å². The Labute approximate surface area is 55.7 Å². The molecule has 0 aromatic carbocycles. The van der Waals surface area contributed by atoms with E-state index in [2.05, 4.69) is 16.9 Å². The normalized spacial score (nSPS) is 12.2. The van der Waals surface area contributed by atoms with Crippen LogP contribution in [0.4, 0.5) is 0 Å². The molecule has 52 valence electrons. The zero-order chi connectivity index (χ0) is 7.11. The lowest BCUT2D eigenvalue weighted by molar-refractivity contribution is 0.584. The quantitative estimate of drug-likeness (QED) is 0.317. The predicted molar refractivity (Wildman–Crippen MR) is 38.1 cm³/mol. The van der Waals surface area contributed by atoms with Gasteiger partial charge in [-0.3, -0.25) is 0 Å². The first-order valence-corrected chi connectivity index (χ1v) is 3.39. The smallest absolute Gasteiger partial charge is 0.0371 e. The van der Waals surface area contributed by atoms with E-state index in [4.69, 9.17) is 5.53 Å². The molecule has 0 fully saturated rings. The molecule has 3 nitrogen and oxygen atoms in total. The Hall–Kier alpha value is -0.690. The molecule has 0 amide bonds. The van der Waals surface area contributed by atoms with Crippen LogP contribution in [0.25, 0.3) is 10.4 Å². The van der Waals surface area contributed by atoms with Gasteiger partial charge < -0.3 is 0 Å². The summed E-state index contributed by atoms with van der Waals surface area (Å²) >= 11 is 0. The van der Waals surface area contributed by atoms with Crippen molar-refractivity contribution >= 4 is 0 Å². The molecule has 0 rings (SSSR count). The minimum atomic E-state index is 0.222. The summed E-state index contributed by atoms with van der Waals surface area (Å²) in [5.74, 6) is 0. The number of hydrogen-bond acceptors (Lipinski definition) is 1. The third kappa shape index (κ3) is 3.86. The van der Waals surface area contributed by atoms with Crippen molar-refractivity contribution in [3.8, 4) is 0 Å². The van der Waals surface area contributed by atoms with Gasteiger partial charge in [0.05, 0.1) is 0 Å². The van der Waals surface area contributed by atoms with Crippen LogP contribution in [0.1, 0.15) is 33.1 Å². The van der Waals surface area contributed by atoms with Crippen molar-refractivity contribution in [3.05, 3.63) is 10.4 Å². The van der Waals surface area contributed by atoms with Gasteiger partial charge >= 0.3 is 0 Å². The first kappa shape index (κ1) is 8.31. The van der Waals surface area contributed by atoms with Gasteiger partial charge in [0, 0.05) is 11.0 Å². The molecule has 0 spiro atoms. The standard InChI is InChI=1S/C6H13N3/c1-3-5-6(4-2)8-9-7/h6H,3-5H2,1-2H3. The van der Waals surface area contributed by atoms with Crippen LogP contribution in [-0.4, -0.2) is 6.04 Å². The van der Waals surface area contributed by atoms with E-state index in [1.54, 1.807) is 0 Å². The van der Waals surface area contributed by atoms with E-state index in [-0.39, 0.29) is 6.04 Å². The monoisotopic (exact) mass is 127 g/mol. The molecule has 3 heteroatoms. The van der Waals surface area contributed by atoms with E-state index in [9.17, 15) is 0 Å². The van der Waals surface area contributed by atoms with Crippen LogP contribution in [0.15, 0.2) is 5.11 Å². The molecule has 0 aromatic rings. The zero-order valence-electron chi connectivity index (χ0n) is 6.04. The highest BCUT2D eigenvalue weighted by atomic mass is 15.1. The van der Waals surface area contributed by atoms with Crippen LogP contribution in [-0.2, 0) is 0 Å². The average molecular weight is 127 g/mol. The molecule has 1 atom stereocenters. The van der Waals surface area contributed by atoms with E-state index < -0.39 is 0 Å². The van der Waals surface area contributed by atoms with Crippen molar-refractivity contribution in [2.45, 2.75) is 39.2 Å². The van der Waals surface area contributed by atoms with Gasteiger partial charge in [0.15, 0.2) is 0 Å². The first-order chi connectivity index (χ1) is 4.35. The average Bonchev–Trinajstić information content (AvgIpc) is 1.88. The Morgan fingerprint density at radius 1 is 1.56 bits per heavy atom. The highest BCUT2D eigenvalue weighted by Gasteiger charge is 1.98. The molecule has 0 saturated heterocycles. The van der Waals surface area contributed by atoms with Gasteiger partial charge in [-0.2, -0.15) is 0 Å². The fourth-order valence-corrected chi connectivity index (χ4v) is 0.750. The van der Waals surface area contributed by atoms with Crippen molar-refractivity contribution < 1.29 is 0 Å². The predicted octanol–water partition coefficient (Wildman–Crippen LogP) is 2.88. The maximum absolute atomic E-state index is 8.05. The minimum Gasteiger partial charge on any atom is -0.0906 e. The molecule has 0 bridgehead atoms. The summed E-state index contributed by atoms with van der Waals surface area (Å²) < 4.78 is 0. The van der Waals surface area contributed by atoms with Crippen molar-refractivity contribution in [2.75, 3.05) is 0 Å². The fourth-order valence-electron chi connectivity index (χ4n) is 0.750. The molecule has 0 aliphatic rings. The summed E-state index contributed by atoms with van der Waals surface area (Å²) in [5.41, 5.74) is 8.05. The second kappa shape index (κ2) is 5.45. The number of rotatable bonds is 4. The van der Waals surface area contributed by atoms with E-state index in [1.807, 2.05) is 6.92 Å². The van der Waals surface area contributed by atoms with Gasteiger partial charge in [-0.1, -0.05) is 25.4 Å². The van der Waals surface area contributed by atoms with Gasteiger partial charge in [0.2, 0.25) is 0 Å². The molecule has 0 aromatic heterocycles. The Kier molecular flexibility index (Phi) is 5.03. The van der Waals surface area contributed by atoms with E-state index in [0.29, 0.717) is 0 Å². The van der Waals surface area contributed by atoms with Crippen molar-refractivity contribution in [2.24, 2.45) is 5.11 Å². The number of hydrogen-bond donors (Lipinski definition) is 0. The minimum absolute atomic E-state index is 0.222. The van der Waals surface area contributed by atoms with Crippen molar-refractivity contribution in [3.63, 3.8) is 0 Å². The molecule has 0 aliphatic heterocycles. The van der Waals surface area contributed by atoms with Crippen LogP contribution in [0.5, 0.6) is 0 Å². The maximum Gasteiger partial charge on any atom is 0.0371 e. The Morgan fingerprint density at radius 3 is 2.56 bits per heavy atom. The summed E-state index contributed by atoms with van der Waals surface area (Å²) in [6, 6.07) is 0.222. The summed E-state index contributed by atoms with van der Waals surface area (Å²) in [6.45, 7) is 4.13. The van der Waals surface area contributed by atoms with Gasteiger partial charge in [-0.15, -0.1) is 0 Å². The van der Waals surface area contributed by atoms with Gasteiger partial charge in [0.1, 0.15) is 0 Å². The lowest BCUT2D eigenvalue weighted by Crippen LogP contribution is -1.98. The Balaban J connectivity index is 3.53. The lowest BCUT2D eigenvalue weighted by Gasteiger charge is -2.02. The Morgan fingerprint density at radius 2 is 2.22 bits per heavy atom. The Bertz CT molecular complexity index is 105. The summed E-state index contributed by atoms with van der Waals surface area (Å²) in [6.07, 6.45) is 3.07. The van der Waals surface area contributed by atoms with Crippen molar-refractivity contribution in [1.29, 1.82) is 0 Å². The topological polar surface area (TPSA) is 48.8 Å². The molecule has 0 N–H and O–H groups in total. The lowest BCUT2D eigenvalue weighted by atomic mass is 10.1. The summed E-state index contributed by atoms with van der Waals surface area (Å²) in [5, 5.41) is 3.61. The molecule has 9 heavy (non-hydrogen) atoms. The van der Waals surface area contributed by atoms with Gasteiger partial charge in [-0.25, -0.2) is 0 Å². The molecule has 0 radical (unpaired) electrons. The highest BCUT2D eigenvalue weighted by Crippen LogP contribution is 2.05. The second-order valence-corrected chi connectivity index (χ2v) is 2.06. The SMILES string of the molecule is CCCC(CC)N=[N+]=[N-]. The van der Waals surface area contributed by atoms with Crippen molar-refractivity contribution in [1.82, 2.24) is 0 Å². The highest BCUT2D eigenvalue weighted by molar-refractivity contribution is 4.62. The molecule has 0 saturated carbocycles. The molecular weight excluding hydrogens is 114 g/mol. The van der Waals surface area contributed by atoms with E-state index in [1.165, 1.54) is 0 Å². The van der Waals surface area contributed by atoms with Gasteiger partial charge in [0.25, 0.3) is 0 Å². The molecule has 1 unspecified atom stereocenters. The van der Waals surface area contributed by atoms with Crippen LogP contribution in [0.2, 0.25) is 0 Å². The largest absolute Gasteiger partial charge is 0.0906 e. The van der Waals surface area contributed by atoms with Crippen LogP contribution >= 0.6 is 0 Å². The van der Waals surface area contributed by atoms with E-state index >= 15 is 0 Å². The number of nitrogens with zero attached hydrogens (tertiary/aromatic N) is 3. The molecule has 0 heterocycles. The van der Waals surface area contributed by atoms with Gasteiger partial charge in [-0.05, 0) is 18.4 Å². The van der Waals surface area contributed by atoms with Crippen LogP contribution in [0, 0.1) is 0 Å². The summed E-state index contributed by atoms with van der Waals surface area (Å²) in [4.78, 5) is 2.75. The van der Waals surface area contributed by atoms with Crippen LogP contribution < -0.4 is 0 Å². The van der Waals surface area contributed by atoms with Crippen LogP contribution in [0.3, 0.4) is 0 Å². The summed E-state index contributed by atoms with van der Waals surface area (Å²) in [7, 11) is 0. The third-order valence-electron chi connectivity index (χ3n) is 1.31. The third-order valence-corrected chi connectivity index (χ3v) is 1.31. The fraction of sp³-hybridized carbons (Fsp3) is 1.00. The molecule has 0 aliphatic carbocycles. The first-order valence-electron chi connectivity index (χ1n) is 3.39. The second-order valence-electron chi connectivity index (χ2n) is 2.06. The zero-order valence-corrected chi connectivity index (χ0v) is 6.04.